The van der Waals surface area contributed by atoms with Crippen LogP contribution in [0.1, 0.15) is 28.5 Å². The van der Waals surface area contributed by atoms with Crippen molar-refractivity contribution in [1.29, 1.82) is 0 Å². The standard InChI is InChI=1S/C22H19ClN2O4/c1-14-19(21(23)25(24-14)17-6-4-3-5-7-17)12-13-20(26)16-8-10-18(11-9-16)29-15(2)22(27)28/h3-13,15H,1-2H3,(H,27,28). The van der Waals surface area contributed by atoms with E-state index in [0.717, 1.165) is 5.69 Å². The molecule has 6 nitrogen and oxygen atoms in total. The van der Waals surface area contributed by atoms with Gasteiger partial charge in [-0.05, 0) is 62.4 Å². The van der Waals surface area contributed by atoms with Crippen molar-refractivity contribution >= 4 is 29.4 Å². The zero-order valence-electron chi connectivity index (χ0n) is 15.9. The van der Waals surface area contributed by atoms with Crippen LogP contribution in [0.25, 0.3) is 11.8 Å². The summed E-state index contributed by atoms with van der Waals surface area (Å²) in [6.07, 6.45) is 2.10. The quantitative estimate of drug-likeness (QED) is 0.455. The fraction of sp³-hybridized carbons (Fsp3) is 0.136. The maximum Gasteiger partial charge on any atom is 0.344 e. The third kappa shape index (κ3) is 4.73. The van der Waals surface area contributed by atoms with Gasteiger partial charge >= 0.3 is 5.97 Å². The summed E-state index contributed by atoms with van der Waals surface area (Å²) in [5, 5.41) is 13.7. The van der Waals surface area contributed by atoms with E-state index in [-0.39, 0.29) is 5.78 Å². The highest BCUT2D eigenvalue weighted by atomic mass is 35.5. The first kappa shape index (κ1) is 20.4. The second-order valence-electron chi connectivity index (χ2n) is 6.36. The van der Waals surface area contributed by atoms with E-state index in [0.29, 0.717) is 27.7 Å². The predicted octanol–water partition coefficient (Wildman–Crippen LogP) is 4.58. The average Bonchev–Trinajstić information content (AvgIpc) is 3.01. The second-order valence-corrected chi connectivity index (χ2v) is 6.72. The molecule has 0 aliphatic carbocycles. The molecule has 148 valence electrons. The minimum absolute atomic E-state index is 0.217. The molecule has 1 heterocycles. The number of allylic oxidation sites excluding steroid dienone is 1. The number of rotatable bonds is 7. The van der Waals surface area contributed by atoms with Gasteiger partial charge < -0.3 is 9.84 Å². The molecule has 0 saturated carbocycles. The number of para-hydroxylation sites is 1. The Bertz CT molecular complexity index is 1060. The van der Waals surface area contributed by atoms with Gasteiger partial charge in [0.15, 0.2) is 11.9 Å². The van der Waals surface area contributed by atoms with E-state index in [4.69, 9.17) is 21.4 Å². The molecule has 1 unspecified atom stereocenters. The van der Waals surface area contributed by atoms with E-state index >= 15 is 0 Å². The zero-order chi connectivity index (χ0) is 21.0. The van der Waals surface area contributed by atoms with E-state index < -0.39 is 12.1 Å². The number of ether oxygens (including phenoxy) is 1. The van der Waals surface area contributed by atoms with E-state index in [9.17, 15) is 9.59 Å². The minimum Gasteiger partial charge on any atom is -0.479 e. The Morgan fingerprint density at radius 1 is 1.14 bits per heavy atom. The van der Waals surface area contributed by atoms with Crippen LogP contribution in [0, 0.1) is 6.92 Å². The maximum absolute atomic E-state index is 12.5. The number of carbonyl (C=O) groups excluding carboxylic acids is 1. The fourth-order valence-corrected chi connectivity index (χ4v) is 2.98. The Morgan fingerprint density at radius 2 is 1.79 bits per heavy atom. The number of aliphatic carboxylic acids is 1. The summed E-state index contributed by atoms with van der Waals surface area (Å²) in [5.41, 5.74) is 2.65. The molecule has 0 radical (unpaired) electrons. The van der Waals surface area contributed by atoms with Gasteiger partial charge in [-0.25, -0.2) is 9.48 Å². The van der Waals surface area contributed by atoms with Crippen LogP contribution in [0.15, 0.2) is 60.7 Å². The summed E-state index contributed by atoms with van der Waals surface area (Å²) in [7, 11) is 0. The van der Waals surface area contributed by atoms with Crippen LogP contribution >= 0.6 is 11.6 Å². The summed E-state index contributed by atoms with van der Waals surface area (Å²) >= 11 is 6.46. The minimum atomic E-state index is -1.06. The van der Waals surface area contributed by atoms with Crippen molar-refractivity contribution in [2.24, 2.45) is 0 Å². The first-order valence-corrected chi connectivity index (χ1v) is 9.27. The average molecular weight is 411 g/mol. The van der Waals surface area contributed by atoms with E-state index in [1.165, 1.54) is 13.0 Å². The molecule has 29 heavy (non-hydrogen) atoms. The second kappa shape index (κ2) is 8.75. The zero-order valence-corrected chi connectivity index (χ0v) is 16.6. The molecule has 0 bridgehead atoms. The van der Waals surface area contributed by atoms with Gasteiger partial charge in [0.2, 0.25) is 0 Å². The number of carboxylic acid groups (broad SMARTS) is 1. The summed E-state index contributed by atoms with van der Waals surface area (Å²) in [6, 6.07) is 15.8. The number of carboxylic acids is 1. The first-order valence-electron chi connectivity index (χ1n) is 8.89. The number of carbonyl (C=O) groups is 2. The van der Waals surface area contributed by atoms with Gasteiger partial charge in [-0.2, -0.15) is 5.10 Å². The molecule has 7 heteroatoms. The van der Waals surface area contributed by atoms with Crippen molar-refractivity contribution in [3.63, 3.8) is 0 Å². The SMILES string of the molecule is Cc1nn(-c2ccccc2)c(Cl)c1C=CC(=O)c1ccc(OC(C)C(=O)O)cc1. The summed E-state index contributed by atoms with van der Waals surface area (Å²) in [4.78, 5) is 23.3. The number of aromatic nitrogens is 2. The number of aryl methyl sites for hydroxylation is 1. The smallest absolute Gasteiger partial charge is 0.344 e. The van der Waals surface area contributed by atoms with Crippen LogP contribution in [-0.4, -0.2) is 32.7 Å². The highest BCUT2D eigenvalue weighted by Gasteiger charge is 2.14. The summed E-state index contributed by atoms with van der Waals surface area (Å²) in [5.74, 6) is -0.898. The molecule has 0 saturated heterocycles. The van der Waals surface area contributed by atoms with Crippen molar-refractivity contribution in [2.75, 3.05) is 0 Å². The lowest BCUT2D eigenvalue weighted by Crippen LogP contribution is -2.22. The molecule has 0 amide bonds. The first-order chi connectivity index (χ1) is 13.9. The third-order valence-electron chi connectivity index (χ3n) is 4.25. The molecular weight excluding hydrogens is 392 g/mol. The third-order valence-corrected chi connectivity index (χ3v) is 4.61. The molecule has 2 aromatic carbocycles. The van der Waals surface area contributed by atoms with Crippen molar-refractivity contribution in [2.45, 2.75) is 20.0 Å². The normalized spacial score (nSPS) is 12.1. The molecule has 1 N–H and O–H groups in total. The largest absolute Gasteiger partial charge is 0.479 e. The molecule has 0 aliphatic heterocycles. The molecule has 0 aliphatic rings. The fourth-order valence-electron chi connectivity index (χ4n) is 2.65. The Kier molecular flexibility index (Phi) is 6.14. The molecule has 3 rings (SSSR count). The van der Waals surface area contributed by atoms with E-state index in [1.807, 2.05) is 37.3 Å². The van der Waals surface area contributed by atoms with Crippen LogP contribution in [-0.2, 0) is 4.79 Å². The van der Waals surface area contributed by atoms with Gasteiger partial charge in [-0.15, -0.1) is 0 Å². The lowest BCUT2D eigenvalue weighted by molar-refractivity contribution is -0.144. The van der Waals surface area contributed by atoms with Crippen LogP contribution in [0.5, 0.6) is 5.75 Å². The van der Waals surface area contributed by atoms with Crippen LogP contribution < -0.4 is 4.74 Å². The van der Waals surface area contributed by atoms with Crippen LogP contribution in [0.4, 0.5) is 0 Å². The number of ketones is 1. The van der Waals surface area contributed by atoms with E-state index in [2.05, 4.69) is 5.10 Å². The van der Waals surface area contributed by atoms with E-state index in [1.54, 1.807) is 35.0 Å². The van der Waals surface area contributed by atoms with Gasteiger partial charge in [0, 0.05) is 11.1 Å². The summed E-state index contributed by atoms with van der Waals surface area (Å²) < 4.78 is 6.88. The number of nitrogens with zero attached hydrogens (tertiary/aromatic N) is 2. The van der Waals surface area contributed by atoms with Crippen molar-refractivity contribution in [3.05, 3.63) is 82.6 Å². The van der Waals surface area contributed by atoms with Gasteiger partial charge in [-0.1, -0.05) is 29.8 Å². The van der Waals surface area contributed by atoms with Crippen LogP contribution in [0.2, 0.25) is 5.15 Å². The molecule has 1 atom stereocenters. The van der Waals surface area contributed by atoms with Gasteiger partial charge in [-0.3, -0.25) is 4.79 Å². The van der Waals surface area contributed by atoms with Crippen LogP contribution in [0.3, 0.4) is 0 Å². The maximum atomic E-state index is 12.5. The molecule has 3 aromatic rings. The topological polar surface area (TPSA) is 81.4 Å². The van der Waals surface area contributed by atoms with Crippen molar-refractivity contribution in [3.8, 4) is 11.4 Å². The van der Waals surface area contributed by atoms with Gasteiger partial charge in [0.1, 0.15) is 10.9 Å². The lowest BCUT2D eigenvalue weighted by atomic mass is 10.1. The monoisotopic (exact) mass is 410 g/mol. The molecule has 0 fully saturated rings. The van der Waals surface area contributed by atoms with Gasteiger partial charge in [0.25, 0.3) is 0 Å². The van der Waals surface area contributed by atoms with Gasteiger partial charge in [0.05, 0.1) is 11.4 Å². The highest BCUT2D eigenvalue weighted by molar-refractivity contribution is 6.31. The molecule has 0 spiro atoms. The Labute approximate surface area is 173 Å². The molecule has 1 aromatic heterocycles. The Balaban J connectivity index is 1.76. The Hall–Kier alpha value is -3.38. The highest BCUT2D eigenvalue weighted by Crippen LogP contribution is 2.25. The number of benzene rings is 2. The number of halogens is 1. The number of hydrogen-bond donors (Lipinski definition) is 1. The Morgan fingerprint density at radius 3 is 2.41 bits per heavy atom. The lowest BCUT2D eigenvalue weighted by Gasteiger charge is -2.10. The summed E-state index contributed by atoms with van der Waals surface area (Å²) in [6.45, 7) is 3.26. The van der Waals surface area contributed by atoms with Crippen molar-refractivity contribution < 1.29 is 19.4 Å². The van der Waals surface area contributed by atoms with Crippen molar-refractivity contribution in [1.82, 2.24) is 9.78 Å². The number of hydrogen-bond acceptors (Lipinski definition) is 4. The molecular formula is C22H19ClN2O4. The predicted molar refractivity (Wildman–Crippen MR) is 111 cm³/mol.